The normalized spacial score (nSPS) is 12.4. The van der Waals surface area contributed by atoms with E-state index in [1.54, 1.807) is 24.5 Å². The predicted octanol–water partition coefficient (Wildman–Crippen LogP) is 4.43. The molecule has 2 aromatic rings. The number of pyridine rings is 1. The lowest BCUT2D eigenvalue weighted by Gasteiger charge is -2.12. The van der Waals surface area contributed by atoms with Gasteiger partial charge in [0, 0.05) is 38.9 Å². The minimum atomic E-state index is -0.645. The summed E-state index contributed by atoms with van der Waals surface area (Å²) >= 11 is 15.2. The van der Waals surface area contributed by atoms with Gasteiger partial charge < -0.3 is 5.11 Å². The highest BCUT2D eigenvalue weighted by Gasteiger charge is 2.12. The molecule has 0 spiro atoms. The van der Waals surface area contributed by atoms with Crippen LogP contribution in [0.1, 0.15) is 17.2 Å². The van der Waals surface area contributed by atoms with Crippen molar-refractivity contribution in [3.63, 3.8) is 0 Å². The van der Waals surface area contributed by atoms with Crippen molar-refractivity contribution in [1.29, 1.82) is 0 Å². The lowest BCUT2D eigenvalue weighted by atomic mass is 10.0. The molecule has 1 unspecified atom stereocenters. The van der Waals surface area contributed by atoms with Gasteiger partial charge in [-0.3, -0.25) is 4.98 Å². The van der Waals surface area contributed by atoms with E-state index in [0.717, 1.165) is 15.6 Å². The molecular weight excluding hydrogens is 337 g/mol. The Bertz CT molecular complexity index is 562. The molecule has 0 radical (unpaired) electrons. The molecule has 2 rings (SSSR count). The summed E-state index contributed by atoms with van der Waals surface area (Å²) in [5.74, 6) is 0. The van der Waals surface area contributed by atoms with Crippen LogP contribution in [0.2, 0.25) is 10.0 Å². The van der Waals surface area contributed by atoms with Gasteiger partial charge in [-0.15, -0.1) is 0 Å². The maximum absolute atomic E-state index is 10.1. The molecular formula is C13H10BrCl2NO. The Hall–Kier alpha value is -0.610. The largest absolute Gasteiger partial charge is 0.388 e. The van der Waals surface area contributed by atoms with Crippen LogP contribution in [0.25, 0.3) is 0 Å². The SMILES string of the molecule is OC(Cc1ccc(Cl)cc1Cl)c1cncc(Br)c1. The monoisotopic (exact) mass is 345 g/mol. The van der Waals surface area contributed by atoms with Gasteiger partial charge in [-0.1, -0.05) is 29.3 Å². The van der Waals surface area contributed by atoms with Gasteiger partial charge in [0.15, 0.2) is 0 Å². The zero-order chi connectivity index (χ0) is 13.1. The molecule has 0 aliphatic heterocycles. The van der Waals surface area contributed by atoms with E-state index in [0.29, 0.717) is 16.5 Å². The Kier molecular flexibility index (Phi) is 4.62. The van der Waals surface area contributed by atoms with Crippen molar-refractivity contribution >= 4 is 39.1 Å². The molecule has 0 aliphatic rings. The second-order valence-electron chi connectivity index (χ2n) is 3.89. The number of aromatic nitrogens is 1. The van der Waals surface area contributed by atoms with Crippen LogP contribution >= 0.6 is 39.1 Å². The minimum absolute atomic E-state index is 0.425. The summed E-state index contributed by atoms with van der Waals surface area (Å²) in [5, 5.41) is 11.3. The van der Waals surface area contributed by atoms with Gasteiger partial charge in [-0.05, 0) is 39.7 Å². The standard InChI is InChI=1S/C13H10BrCl2NO/c14-10-3-9(6-17-7-10)13(18)4-8-1-2-11(15)5-12(8)16/h1-3,5-7,13,18H,4H2. The van der Waals surface area contributed by atoms with E-state index in [4.69, 9.17) is 23.2 Å². The van der Waals surface area contributed by atoms with E-state index in [9.17, 15) is 5.11 Å². The van der Waals surface area contributed by atoms with Crippen LogP contribution in [-0.2, 0) is 6.42 Å². The third kappa shape index (κ3) is 3.45. The van der Waals surface area contributed by atoms with E-state index < -0.39 is 6.10 Å². The van der Waals surface area contributed by atoms with Crippen LogP contribution in [0, 0.1) is 0 Å². The van der Waals surface area contributed by atoms with Gasteiger partial charge in [-0.25, -0.2) is 0 Å². The van der Waals surface area contributed by atoms with Crippen molar-refractivity contribution in [3.05, 3.63) is 62.3 Å². The number of benzene rings is 1. The molecule has 0 bridgehead atoms. The van der Waals surface area contributed by atoms with Gasteiger partial charge in [0.2, 0.25) is 0 Å². The van der Waals surface area contributed by atoms with Crippen LogP contribution in [0.4, 0.5) is 0 Å². The molecule has 1 N–H and O–H groups in total. The van der Waals surface area contributed by atoms with Gasteiger partial charge in [0.1, 0.15) is 0 Å². The molecule has 0 fully saturated rings. The molecule has 1 heterocycles. The third-order valence-corrected chi connectivity index (χ3v) is 3.56. The number of aliphatic hydroxyl groups excluding tert-OH is 1. The minimum Gasteiger partial charge on any atom is -0.388 e. The summed E-state index contributed by atoms with van der Waals surface area (Å²) in [7, 11) is 0. The maximum Gasteiger partial charge on any atom is 0.0846 e. The molecule has 0 aliphatic carbocycles. The number of aliphatic hydroxyl groups is 1. The van der Waals surface area contributed by atoms with E-state index in [-0.39, 0.29) is 0 Å². The fourth-order valence-corrected chi connectivity index (χ4v) is 2.49. The number of hydrogen-bond donors (Lipinski definition) is 1. The van der Waals surface area contributed by atoms with E-state index in [1.165, 1.54) is 0 Å². The lowest BCUT2D eigenvalue weighted by Crippen LogP contribution is -2.02. The zero-order valence-electron chi connectivity index (χ0n) is 9.28. The van der Waals surface area contributed by atoms with Crippen molar-refractivity contribution in [2.75, 3.05) is 0 Å². The quantitative estimate of drug-likeness (QED) is 0.891. The van der Waals surface area contributed by atoms with Crippen molar-refractivity contribution in [2.45, 2.75) is 12.5 Å². The number of hydrogen-bond acceptors (Lipinski definition) is 2. The first kappa shape index (κ1) is 13.8. The highest BCUT2D eigenvalue weighted by Crippen LogP contribution is 2.26. The Morgan fingerprint density at radius 1 is 1.22 bits per heavy atom. The van der Waals surface area contributed by atoms with E-state index in [1.807, 2.05) is 12.1 Å². The summed E-state index contributed by atoms with van der Waals surface area (Å²) in [5.41, 5.74) is 1.60. The van der Waals surface area contributed by atoms with Crippen LogP contribution < -0.4 is 0 Å². The van der Waals surface area contributed by atoms with Crippen molar-refractivity contribution < 1.29 is 5.11 Å². The van der Waals surface area contributed by atoms with Gasteiger partial charge in [0.05, 0.1) is 6.10 Å². The third-order valence-electron chi connectivity index (χ3n) is 2.54. The Morgan fingerprint density at radius 3 is 2.67 bits per heavy atom. The van der Waals surface area contributed by atoms with Crippen molar-refractivity contribution in [3.8, 4) is 0 Å². The Morgan fingerprint density at radius 2 is 2.00 bits per heavy atom. The second kappa shape index (κ2) is 6.02. The molecule has 0 saturated carbocycles. The summed E-state index contributed by atoms with van der Waals surface area (Å²) < 4.78 is 0.834. The van der Waals surface area contributed by atoms with E-state index in [2.05, 4.69) is 20.9 Å². The van der Waals surface area contributed by atoms with Gasteiger partial charge in [0.25, 0.3) is 0 Å². The number of nitrogens with zero attached hydrogens (tertiary/aromatic N) is 1. The number of halogens is 3. The Labute approximate surface area is 124 Å². The first-order chi connectivity index (χ1) is 8.56. The summed E-state index contributed by atoms with van der Waals surface area (Å²) in [6.45, 7) is 0. The summed E-state index contributed by atoms with van der Waals surface area (Å²) in [4.78, 5) is 4.02. The van der Waals surface area contributed by atoms with Gasteiger partial charge >= 0.3 is 0 Å². The molecule has 0 amide bonds. The fraction of sp³-hybridized carbons (Fsp3) is 0.154. The first-order valence-electron chi connectivity index (χ1n) is 5.28. The molecule has 1 aromatic carbocycles. The first-order valence-corrected chi connectivity index (χ1v) is 6.83. The van der Waals surface area contributed by atoms with Crippen LogP contribution in [0.15, 0.2) is 41.1 Å². The molecule has 18 heavy (non-hydrogen) atoms. The predicted molar refractivity (Wildman–Crippen MR) is 77.1 cm³/mol. The highest BCUT2D eigenvalue weighted by atomic mass is 79.9. The van der Waals surface area contributed by atoms with Gasteiger partial charge in [-0.2, -0.15) is 0 Å². The lowest BCUT2D eigenvalue weighted by molar-refractivity contribution is 0.178. The summed E-state index contributed by atoms with van der Waals surface area (Å²) in [6.07, 6.45) is 3.09. The molecule has 1 atom stereocenters. The average Bonchev–Trinajstić information content (AvgIpc) is 2.32. The Balaban J connectivity index is 2.18. The van der Waals surface area contributed by atoms with E-state index >= 15 is 0 Å². The topological polar surface area (TPSA) is 33.1 Å². The van der Waals surface area contributed by atoms with Crippen LogP contribution in [0.5, 0.6) is 0 Å². The van der Waals surface area contributed by atoms with Crippen LogP contribution in [0.3, 0.4) is 0 Å². The number of rotatable bonds is 3. The average molecular weight is 347 g/mol. The molecule has 5 heteroatoms. The highest BCUT2D eigenvalue weighted by molar-refractivity contribution is 9.10. The molecule has 94 valence electrons. The smallest absolute Gasteiger partial charge is 0.0846 e. The zero-order valence-corrected chi connectivity index (χ0v) is 12.4. The van der Waals surface area contributed by atoms with Crippen molar-refractivity contribution in [1.82, 2.24) is 4.98 Å². The summed E-state index contributed by atoms with van der Waals surface area (Å²) in [6, 6.07) is 7.08. The second-order valence-corrected chi connectivity index (χ2v) is 5.65. The fourth-order valence-electron chi connectivity index (χ4n) is 1.62. The molecule has 0 saturated heterocycles. The molecule has 2 nitrogen and oxygen atoms in total. The van der Waals surface area contributed by atoms with Crippen LogP contribution in [-0.4, -0.2) is 10.1 Å². The van der Waals surface area contributed by atoms with Crippen molar-refractivity contribution in [2.24, 2.45) is 0 Å². The molecule has 1 aromatic heterocycles. The maximum atomic E-state index is 10.1.